The zero-order chi connectivity index (χ0) is 12.3. The Morgan fingerprint density at radius 3 is 2.88 bits per heavy atom. The van der Waals surface area contributed by atoms with E-state index in [-0.39, 0.29) is 6.03 Å². The molecule has 1 aliphatic carbocycles. The number of nitrogens with zero attached hydrogens (tertiary/aromatic N) is 2. The van der Waals surface area contributed by atoms with Crippen LogP contribution in [0.15, 0.2) is 5.38 Å². The maximum absolute atomic E-state index is 11.9. The molecule has 0 saturated heterocycles. The lowest BCUT2D eigenvalue weighted by molar-refractivity contribution is 0.202. The largest absolute Gasteiger partial charge is 0.335 e. The molecule has 17 heavy (non-hydrogen) atoms. The van der Waals surface area contributed by atoms with Gasteiger partial charge >= 0.3 is 6.03 Å². The molecule has 2 rings (SSSR count). The predicted octanol–water partition coefficient (Wildman–Crippen LogP) is 2.54. The third-order valence-electron chi connectivity index (χ3n) is 3.10. The molecule has 1 heterocycles. The SMILES string of the molecule is Cc1nc(CN(C)C(=O)NC2CCCC2)cs1. The van der Waals surface area contributed by atoms with E-state index in [0.29, 0.717) is 12.6 Å². The minimum atomic E-state index is 0.0163. The average molecular weight is 253 g/mol. The van der Waals surface area contributed by atoms with Gasteiger partial charge in [-0.2, -0.15) is 0 Å². The van der Waals surface area contributed by atoms with Crippen LogP contribution in [0, 0.1) is 6.92 Å². The number of aryl methyl sites for hydroxylation is 1. The number of carbonyl (C=O) groups excluding carboxylic acids is 1. The van der Waals surface area contributed by atoms with Gasteiger partial charge in [0.2, 0.25) is 0 Å². The number of amides is 2. The van der Waals surface area contributed by atoms with E-state index in [2.05, 4.69) is 10.3 Å². The smallest absolute Gasteiger partial charge is 0.317 e. The number of urea groups is 1. The molecule has 0 bridgehead atoms. The molecule has 94 valence electrons. The first-order chi connectivity index (χ1) is 8.15. The number of hydrogen-bond acceptors (Lipinski definition) is 3. The van der Waals surface area contributed by atoms with Gasteiger partial charge in [-0.3, -0.25) is 0 Å². The van der Waals surface area contributed by atoms with Crippen molar-refractivity contribution in [3.63, 3.8) is 0 Å². The van der Waals surface area contributed by atoms with E-state index in [1.54, 1.807) is 16.2 Å². The Balaban J connectivity index is 1.82. The molecule has 0 atom stereocenters. The third kappa shape index (κ3) is 3.43. The number of nitrogens with one attached hydrogen (secondary N) is 1. The summed E-state index contributed by atoms with van der Waals surface area (Å²) in [5.74, 6) is 0. The number of thiazole rings is 1. The number of rotatable bonds is 3. The van der Waals surface area contributed by atoms with Crippen molar-refractivity contribution in [2.75, 3.05) is 7.05 Å². The van der Waals surface area contributed by atoms with Crippen LogP contribution in [0.25, 0.3) is 0 Å². The zero-order valence-electron chi connectivity index (χ0n) is 10.4. The van der Waals surface area contributed by atoms with Crippen molar-refractivity contribution in [3.8, 4) is 0 Å². The Kier molecular flexibility index (Phi) is 3.99. The summed E-state index contributed by atoms with van der Waals surface area (Å²) < 4.78 is 0. The van der Waals surface area contributed by atoms with E-state index in [1.807, 2.05) is 19.4 Å². The Morgan fingerprint density at radius 2 is 2.29 bits per heavy atom. The predicted molar refractivity (Wildman–Crippen MR) is 69.1 cm³/mol. The van der Waals surface area contributed by atoms with Crippen LogP contribution in [-0.2, 0) is 6.54 Å². The first-order valence-corrected chi connectivity index (χ1v) is 6.96. The molecule has 1 fully saturated rings. The van der Waals surface area contributed by atoms with Crippen LogP contribution >= 0.6 is 11.3 Å². The molecule has 0 unspecified atom stereocenters. The second kappa shape index (κ2) is 5.49. The van der Waals surface area contributed by atoms with Crippen molar-refractivity contribution < 1.29 is 4.79 Å². The summed E-state index contributed by atoms with van der Waals surface area (Å²) in [6, 6.07) is 0.393. The highest BCUT2D eigenvalue weighted by Crippen LogP contribution is 2.18. The zero-order valence-corrected chi connectivity index (χ0v) is 11.2. The Morgan fingerprint density at radius 1 is 1.59 bits per heavy atom. The monoisotopic (exact) mass is 253 g/mol. The van der Waals surface area contributed by atoms with Gasteiger partial charge in [0.1, 0.15) is 0 Å². The molecule has 4 nitrogen and oxygen atoms in total. The van der Waals surface area contributed by atoms with Crippen LogP contribution in [0.4, 0.5) is 4.79 Å². The quantitative estimate of drug-likeness (QED) is 0.899. The Labute approximate surface area is 106 Å². The maximum atomic E-state index is 11.9. The summed E-state index contributed by atoms with van der Waals surface area (Å²) in [4.78, 5) is 18.0. The molecule has 2 amide bonds. The van der Waals surface area contributed by atoms with Crippen LogP contribution in [0.2, 0.25) is 0 Å². The van der Waals surface area contributed by atoms with Crippen molar-refractivity contribution in [3.05, 3.63) is 16.1 Å². The molecule has 1 saturated carbocycles. The van der Waals surface area contributed by atoms with Crippen molar-refractivity contribution >= 4 is 17.4 Å². The van der Waals surface area contributed by atoms with E-state index >= 15 is 0 Å². The molecule has 1 aliphatic rings. The van der Waals surface area contributed by atoms with Crippen LogP contribution in [0.5, 0.6) is 0 Å². The summed E-state index contributed by atoms with van der Waals surface area (Å²) >= 11 is 1.62. The highest BCUT2D eigenvalue weighted by molar-refractivity contribution is 7.09. The van der Waals surface area contributed by atoms with Gasteiger partial charge in [-0.05, 0) is 19.8 Å². The summed E-state index contributed by atoms with van der Waals surface area (Å²) in [7, 11) is 1.82. The van der Waals surface area contributed by atoms with Crippen LogP contribution in [0.1, 0.15) is 36.4 Å². The van der Waals surface area contributed by atoms with Crippen LogP contribution in [0.3, 0.4) is 0 Å². The molecule has 0 aliphatic heterocycles. The van der Waals surface area contributed by atoms with Crippen LogP contribution in [-0.4, -0.2) is 29.0 Å². The lowest BCUT2D eigenvalue weighted by Crippen LogP contribution is -2.41. The molecule has 0 radical (unpaired) electrons. The Hall–Kier alpha value is -1.10. The highest BCUT2D eigenvalue weighted by Gasteiger charge is 2.19. The van der Waals surface area contributed by atoms with Crippen molar-refractivity contribution in [2.45, 2.75) is 45.2 Å². The molecular weight excluding hydrogens is 234 g/mol. The lowest BCUT2D eigenvalue weighted by atomic mass is 10.2. The minimum Gasteiger partial charge on any atom is -0.335 e. The fraction of sp³-hybridized carbons (Fsp3) is 0.667. The van der Waals surface area contributed by atoms with Crippen molar-refractivity contribution in [1.82, 2.24) is 15.2 Å². The fourth-order valence-electron chi connectivity index (χ4n) is 2.15. The van der Waals surface area contributed by atoms with Crippen LogP contribution < -0.4 is 5.32 Å². The van der Waals surface area contributed by atoms with E-state index in [0.717, 1.165) is 23.5 Å². The topological polar surface area (TPSA) is 45.2 Å². The van der Waals surface area contributed by atoms with Gasteiger partial charge in [0.25, 0.3) is 0 Å². The summed E-state index contributed by atoms with van der Waals surface area (Å²) in [6.07, 6.45) is 4.71. The summed E-state index contributed by atoms with van der Waals surface area (Å²) in [5.41, 5.74) is 0.969. The van der Waals surface area contributed by atoms with Gasteiger partial charge in [0.15, 0.2) is 0 Å². The normalized spacial score (nSPS) is 16.1. The number of hydrogen-bond donors (Lipinski definition) is 1. The van der Waals surface area contributed by atoms with E-state index in [9.17, 15) is 4.79 Å². The molecule has 1 N–H and O–H groups in total. The molecule has 1 aromatic heterocycles. The first kappa shape index (κ1) is 12.4. The standard InChI is InChI=1S/C12H19N3OS/c1-9-13-11(8-17-9)7-15(2)12(16)14-10-5-3-4-6-10/h8,10H,3-7H2,1-2H3,(H,14,16). The van der Waals surface area contributed by atoms with Gasteiger partial charge < -0.3 is 10.2 Å². The van der Waals surface area contributed by atoms with Gasteiger partial charge in [0, 0.05) is 18.5 Å². The number of aromatic nitrogens is 1. The van der Waals surface area contributed by atoms with E-state index < -0.39 is 0 Å². The molecular formula is C12H19N3OS. The van der Waals surface area contributed by atoms with Gasteiger partial charge in [0.05, 0.1) is 17.2 Å². The van der Waals surface area contributed by atoms with E-state index in [4.69, 9.17) is 0 Å². The molecule has 0 aromatic carbocycles. The summed E-state index contributed by atoms with van der Waals surface area (Å²) in [5, 5.41) is 6.12. The lowest BCUT2D eigenvalue weighted by Gasteiger charge is -2.20. The Bertz CT molecular complexity index is 385. The van der Waals surface area contributed by atoms with E-state index in [1.165, 1.54) is 12.8 Å². The second-order valence-corrected chi connectivity index (χ2v) is 5.71. The van der Waals surface area contributed by atoms with Crippen molar-refractivity contribution in [1.29, 1.82) is 0 Å². The maximum Gasteiger partial charge on any atom is 0.317 e. The minimum absolute atomic E-state index is 0.0163. The van der Waals surface area contributed by atoms with Crippen molar-refractivity contribution in [2.24, 2.45) is 0 Å². The summed E-state index contributed by atoms with van der Waals surface area (Å²) in [6.45, 7) is 2.57. The third-order valence-corrected chi connectivity index (χ3v) is 3.92. The molecule has 1 aromatic rings. The fourth-order valence-corrected chi connectivity index (χ4v) is 2.75. The van der Waals surface area contributed by atoms with Gasteiger partial charge in [-0.1, -0.05) is 12.8 Å². The molecule has 5 heteroatoms. The van der Waals surface area contributed by atoms with Gasteiger partial charge in [-0.15, -0.1) is 11.3 Å². The average Bonchev–Trinajstić information content (AvgIpc) is 2.90. The molecule has 0 spiro atoms. The number of carbonyl (C=O) groups is 1. The van der Waals surface area contributed by atoms with Gasteiger partial charge in [-0.25, -0.2) is 9.78 Å². The highest BCUT2D eigenvalue weighted by atomic mass is 32.1. The second-order valence-electron chi connectivity index (χ2n) is 4.64. The first-order valence-electron chi connectivity index (χ1n) is 6.08.